The van der Waals surface area contributed by atoms with Crippen LogP contribution in [0.3, 0.4) is 0 Å². The molecule has 8 nitrogen and oxygen atoms in total. The van der Waals surface area contributed by atoms with Crippen molar-refractivity contribution in [3.8, 4) is 11.5 Å². The SMILES string of the molecule is CCOc1ccc(OC(C)C(=O)NNS(=O)(=O)c2ccc(F)c3ncccc23)cc1. The van der Waals surface area contributed by atoms with Gasteiger partial charge in [0.25, 0.3) is 15.9 Å². The number of hydrogen-bond donors (Lipinski definition) is 2. The number of nitrogens with zero attached hydrogens (tertiary/aromatic N) is 1. The van der Waals surface area contributed by atoms with Gasteiger partial charge in [0.15, 0.2) is 6.10 Å². The van der Waals surface area contributed by atoms with Crippen LogP contribution in [-0.2, 0) is 14.8 Å². The molecule has 1 aromatic heterocycles. The number of benzene rings is 2. The van der Waals surface area contributed by atoms with Crippen molar-refractivity contribution in [2.45, 2.75) is 24.8 Å². The first kappa shape index (κ1) is 21.5. The highest BCUT2D eigenvalue weighted by Crippen LogP contribution is 2.23. The fourth-order valence-electron chi connectivity index (χ4n) is 2.66. The lowest BCUT2D eigenvalue weighted by Crippen LogP contribution is -2.47. The lowest BCUT2D eigenvalue weighted by Gasteiger charge is -2.16. The summed E-state index contributed by atoms with van der Waals surface area (Å²) in [4.78, 5) is 17.9. The van der Waals surface area contributed by atoms with E-state index in [1.165, 1.54) is 25.3 Å². The molecule has 0 aliphatic rings. The zero-order chi connectivity index (χ0) is 21.7. The number of fused-ring (bicyclic) bond motifs is 1. The van der Waals surface area contributed by atoms with Crippen molar-refractivity contribution in [2.75, 3.05) is 6.61 Å². The smallest absolute Gasteiger partial charge is 0.275 e. The third kappa shape index (κ3) is 4.84. The third-order valence-electron chi connectivity index (χ3n) is 4.10. The number of aromatic nitrogens is 1. The average Bonchev–Trinajstić information content (AvgIpc) is 2.74. The molecule has 158 valence electrons. The number of nitrogens with one attached hydrogen (secondary N) is 2. The van der Waals surface area contributed by atoms with Gasteiger partial charge >= 0.3 is 0 Å². The first-order chi connectivity index (χ1) is 14.3. The zero-order valence-electron chi connectivity index (χ0n) is 16.3. The molecule has 0 spiro atoms. The van der Waals surface area contributed by atoms with Crippen LogP contribution in [0.1, 0.15) is 13.8 Å². The van der Waals surface area contributed by atoms with Crippen molar-refractivity contribution in [3.05, 3.63) is 60.5 Å². The van der Waals surface area contributed by atoms with Gasteiger partial charge in [0, 0.05) is 11.6 Å². The lowest BCUT2D eigenvalue weighted by atomic mass is 10.2. The fraction of sp³-hybridized carbons (Fsp3) is 0.200. The largest absolute Gasteiger partial charge is 0.494 e. The molecule has 0 radical (unpaired) electrons. The van der Waals surface area contributed by atoms with E-state index in [2.05, 4.69) is 10.4 Å². The Hall–Kier alpha value is -3.24. The number of carbonyl (C=O) groups is 1. The molecule has 1 unspecified atom stereocenters. The Bertz CT molecular complexity index is 1150. The van der Waals surface area contributed by atoms with Crippen molar-refractivity contribution in [1.29, 1.82) is 0 Å². The van der Waals surface area contributed by atoms with Crippen molar-refractivity contribution in [2.24, 2.45) is 0 Å². The quantitative estimate of drug-likeness (QED) is 0.529. The van der Waals surface area contributed by atoms with Gasteiger partial charge in [-0.05, 0) is 62.4 Å². The molecule has 0 bridgehead atoms. The summed E-state index contributed by atoms with van der Waals surface area (Å²) in [6.45, 7) is 3.86. The van der Waals surface area contributed by atoms with Gasteiger partial charge in [-0.3, -0.25) is 15.2 Å². The number of rotatable bonds is 8. The summed E-state index contributed by atoms with van der Waals surface area (Å²) in [5.74, 6) is -0.279. The average molecular weight is 433 g/mol. The van der Waals surface area contributed by atoms with Gasteiger partial charge in [0.2, 0.25) is 0 Å². The number of halogens is 1. The van der Waals surface area contributed by atoms with Gasteiger partial charge in [0.05, 0.1) is 11.5 Å². The van der Waals surface area contributed by atoms with E-state index in [0.29, 0.717) is 18.1 Å². The summed E-state index contributed by atoms with van der Waals surface area (Å²) in [5, 5.41) is 0.0953. The Kier molecular flexibility index (Phi) is 6.48. The molecule has 0 aliphatic carbocycles. The number of pyridine rings is 1. The molecular weight excluding hydrogens is 413 g/mol. The van der Waals surface area contributed by atoms with Crippen LogP contribution in [0.5, 0.6) is 11.5 Å². The number of ether oxygens (including phenoxy) is 2. The topological polar surface area (TPSA) is 107 Å². The fourth-order valence-corrected chi connectivity index (χ4v) is 3.71. The van der Waals surface area contributed by atoms with E-state index in [1.807, 2.05) is 11.8 Å². The number of hydrogen-bond acceptors (Lipinski definition) is 6. The maximum absolute atomic E-state index is 13.9. The second kappa shape index (κ2) is 9.06. The normalized spacial score (nSPS) is 12.4. The summed E-state index contributed by atoms with van der Waals surface area (Å²) in [7, 11) is -4.18. The Balaban J connectivity index is 1.67. The molecule has 1 amide bonds. The predicted octanol–water partition coefficient (Wildman–Crippen LogP) is 2.55. The molecule has 30 heavy (non-hydrogen) atoms. The van der Waals surface area contributed by atoms with E-state index in [1.54, 1.807) is 24.3 Å². The van der Waals surface area contributed by atoms with Crippen molar-refractivity contribution >= 4 is 26.8 Å². The Morgan fingerprint density at radius 1 is 1.13 bits per heavy atom. The van der Waals surface area contributed by atoms with E-state index in [9.17, 15) is 17.6 Å². The highest BCUT2D eigenvalue weighted by Gasteiger charge is 2.22. The first-order valence-corrected chi connectivity index (χ1v) is 10.5. The van der Waals surface area contributed by atoms with Crippen LogP contribution in [0.15, 0.2) is 59.6 Å². The van der Waals surface area contributed by atoms with Crippen molar-refractivity contribution < 1.29 is 27.1 Å². The number of amides is 1. The molecule has 0 saturated carbocycles. The highest BCUT2D eigenvalue weighted by molar-refractivity contribution is 7.89. The van der Waals surface area contributed by atoms with Gasteiger partial charge in [-0.2, -0.15) is 0 Å². The first-order valence-electron chi connectivity index (χ1n) is 9.06. The molecule has 1 heterocycles. The van der Waals surface area contributed by atoms with Crippen LogP contribution in [0.2, 0.25) is 0 Å². The van der Waals surface area contributed by atoms with Gasteiger partial charge in [-0.1, -0.05) is 0 Å². The number of carbonyl (C=O) groups excluding carboxylic acids is 1. The maximum atomic E-state index is 13.9. The standard InChI is InChI=1S/C20H20FN3O5S/c1-3-28-14-6-8-15(9-7-14)29-13(2)20(25)23-24-30(26,27)18-11-10-17(21)19-16(18)5-4-12-22-19/h4-13,24H,3H2,1-2H3,(H,23,25). The van der Waals surface area contributed by atoms with Crippen molar-refractivity contribution in [1.82, 2.24) is 15.2 Å². The Morgan fingerprint density at radius 2 is 1.83 bits per heavy atom. The maximum Gasteiger partial charge on any atom is 0.275 e. The van der Waals surface area contributed by atoms with Gasteiger partial charge in [-0.15, -0.1) is 4.83 Å². The summed E-state index contributed by atoms with van der Waals surface area (Å²) in [6, 6.07) is 11.7. The summed E-state index contributed by atoms with van der Waals surface area (Å²) in [5.41, 5.74) is 2.03. The minimum atomic E-state index is -4.18. The molecule has 0 fully saturated rings. The molecule has 10 heteroatoms. The minimum Gasteiger partial charge on any atom is -0.494 e. The lowest BCUT2D eigenvalue weighted by molar-refractivity contribution is -0.127. The zero-order valence-corrected chi connectivity index (χ0v) is 17.1. The van der Waals surface area contributed by atoms with Crippen LogP contribution in [0.4, 0.5) is 4.39 Å². The van der Waals surface area contributed by atoms with E-state index >= 15 is 0 Å². The molecule has 1 atom stereocenters. The summed E-state index contributed by atoms with van der Waals surface area (Å²) in [6.07, 6.45) is 0.369. The van der Waals surface area contributed by atoms with Crippen LogP contribution >= 0.6 is 0 Å². The second-order valence-electron chi connectivity index (χ2n) is 6.20. The van der Waals surface area contributed by atoms with Crippen LogP contribution in [-0.4, -0.2) is 32.0 Å². The molecule has 2 N–H and O–H groups in total. The van der Waals surface area contributed by atoms with Gasteiger partial charge < -0.3 is 9.47 Å². The van der Waals surface area contributed by atoms with E-state index in [-0.39, 0.29) is 15.8 Å². The Labute approximate surface area is 173 Å². The number of sulfonamides is 1. The molecule has 0 aliphatic heterocycles. The van der Waals surface area contributed by atoms with Gasteiger partial charge in [-0.25, -0.2) is 12.8 Å². The van der Waals surface area contributed by atoms with Crippen LogP contribution < -0.4 is 19.7 Å². The van der Waals surface area contributed by atoms with E-state index in [0.717, 1.165) is 12.1 Å². The second-order valence-corrected chi connectivity index (χ2v) is 7.86. The predicted molar refractivity (Wildman–Crippen MR) is 108 cm³/mol. The van der Waals surface area contributed by atoms with Crippen LogP contribution in [0.25, 0.3) is 10.9 Å². The molecule has 2 aromatic carbocycles. The highest BCUT2D eigenvalue weighted by atomic mass is 32.2. The molecular formula is C20H20FN3O5S. The van der Waals surface area contributed by atoms with E-state index in [4.69, 9.17) is 9.47 Å². The minimum absolute atomic E-state index is 0.0843. The monoisotopic (exact) mass is 433 g/mol. The summed E-state index contributed by atoms with van der Waals surface area (Å²) < 4.78 is 49.9. The van der Waals surface area contributed by atoms with E-state index < -0.39 is 27.9 Å². The van der Waals surface area contributed by atoms with Gasteiger partial charge in [0.1, 0.15) is 22.8 Å². The van der Waals surface area contributed by atoms with Crippen molar-refractivity contribution in [3.63, 3.8) is 0 Å². The summed E-state index contributed by atoms with van der Waals surface area (Å²) >= 11 is 0. The number of hydrazine groups is 1. The third-order valence-corrected chi connectivity index (χ3v) is 5.40. The molecule has 3 rings (SSSR count). The Morgan fingerprint density at radius 3 is 2.53 bits per heavy atom. The van der Waals surface area contributed by atoms with Crippen LogP contribution in [0, 0.1) is 5.82 Å². The molecule has 3 aromatic rings. The molecule has 0 saturated heterocycles.